The Kier molecular flexibility index (Phi) is 7.51. The van der Waals surface area contributed by atoms with Crippen molar-refractivity contribution in [2.45, 2.75) is 0 Å². The molecule has 1 rings (SSSR count). The van der Waals surface area contributed by atoms with Crippen LogP contribution >= 0.6 is 11.6 Å². The highest BCUT2D eigenvalue weighted by Gasteiger charge is 2.01. The third-order valence-electron chi connectivity index (χ3n) is 1.45. The first-order valence-corrected chi connectivity index (χ1v) is 7.46. The zero-order valence-corrected chi connectivity index (χ0v) is 11.4. The van der Waals surface area contributed by atoms with Crippen LogP contribution in [0.1, 0.15) is 0 Å². The number of nitrogens with zero attached hydrogens (tertiary/aromatic N) is 1. The Balaban J connectivity index is 0.000000327. The van der Waals surface area contributed by atoms with Crippen molar-refractivity contribution in [3.8, 4) is 0 Å². The molecule has 0 spiro atoms. The molecule has 0 atom stereocenters. The van der Waals surface area contributed by atoms with Crippen LogP contribution in [0.5, 0.6) is 0 Å². The van der Waals surface area contributed by atoms with E-state index >= 15 is 0 Å². The Labute approximate surface area is 111 Å². The standard InChI is InChI=1S/C6H6ClN.C2H5NO5S2/c7-5-3-1-2-4-6(5)8;4-9(5)3-1-2-10(6,7)8/h1-4H,8H2;1-2H2,(H,6,7,8). The molecule has 102 valence electrons. The second-order valence-corrected chi connectivity index (χ2v) is 5.55. The molecule has 0 fully saturated rings. The number of hydrogen-bond acceptors (Lipinski definition) is 6. The molecular formula is C8H11ClN2O5S2. The molecule has 0 saturated carbocycles. The van der Waals surface area contributed by atoms with Crippen LogP contribution in [-0.2, 0) is 20.6 Å². The topological polar surface area (TPSA) is 127 Å². The van der Waals surface area contributed by atoms with E-state index in [0.717, 1.165) is 0 Å². The van der Waals surface area contributed by atoms with Crippen LogP contribution in [0.4, 0.5) is 5.69 Å². The fourth-order valence-corrected chi connectivity index (χ4v) is 1.52. The molecule has 7 nitrogen and oxygen atoms in total. The van der Waals surface area contributed by atoms with Crippen molar-refractivity contribution >= 4 is 37.9 Å². The first-order chi connectivity index (χ1) is 8.22. The Morgan fingerprint density at radius 1 is 1.33 bits per heavy atom. The lowest BCUT2D eigenvalue weighted by Crippen LogP contribution is -2.06. The number of rotatable bonds is 3. The van der Waals surface area contributed by atoms with E-state index in [2.05, 4.69) is 4.36 Å². The van der Waals surface area contributed by atoms with E-state index in [4.69, 9.17) is 21.9 Å². The Hall–Kier alpha value is -1.16. The largest absolute Gasteiger partial charge is 0.398 e. The van der Waals surface area contributed by atoms with Crippen molar-refractivity contribution in [1.29, 1.82) is 0 Å². The molecule has 18 heavy (non-hydrogen) atoms. The highest BCUT2D eigenvalue weighted by molar-refractivity contribution is 7.85. The summed E-state index contributed by atoms with van der Waals surface area (Å²) >= 11 is 5.58. The fourth-order valence-electron chi connectivity index (χ4n) is 0.702. The number of nitrogen functional groups attached to an aromatic ring is 1. The number of hydrogen-bond donors (Lipinski definition) is 2. The first kappa shape index (κ1) is 16.8. The van der Waals surface area contributed by atoms with Gasteiger partial charge in [-0.3, -0.25) is 4.55 Å². The quantitative estimate of drug-likeness (QED) is 0.629. The summed E-state index contributed by atoms with van der Waals surface area (Å²) in [5.41, 5.74) is 6.02. The fraction of sp³-hybridized carbons (Fsp3) is 0.250. The van der Waals surface area contributed by atoms with E-state index in [1.807, 2.05) is 12.1 Å². The van der Waals surface area contributed by atoms with Crippen molar-refractivity contribution in [3.05, 3.63) is 29.3 Å². The minimum Gasteiger partial charge on any atom is -0.398 e. The van der Waals surface area contributed by atoms with Crippen LogP contribution in [0.2, 0.25) is 5.02 Å². The summed E-state index contributed by atoms with van der Waals surface area (Å²) in [5.74, 6) is -0.666. The van der Waals surface area contributed by atoms with E-state index in [1.54, 1.807) is 12.1 Å². The summed E-state index contributed by atoms with van der Waals surface area (Å²) in [4.78, 5) is 0. The summed E-state index contributed by atoms with van der Waals surface area (Å²) in [5, 5.41) is 0.618. The second-order valence-electron chi connectivity index (χ2n) is 2.88. The number of para-hydroxylation sites is 1. The summed E-state index contributed by atoms with van der Waals surface area (Å²) in [7, 11) is -6.69. The van der Waals surface area contributed by atoms with Gasteiger partial charge >= 0.3 is 10.5 Å². The molecule has 0 unspecified atom stereocenters. The van der Waals surface area contributed by atoms with Gasteiger partial charge in [0.25, 0.3) is 10.1 Å². The van der Waals surface area contributed by atoms with Gasteiger partial charge in [0.05, 0.1) is 23.0 Å². The normalized spacial score (nSPS) is 10.1. The zero-order valence-electron chi connectivity index (χ0n) is 9.02. The van der Waals surface area contributed by atoms with Crippen LogP contribution in [0, 0.1) is 0 Å². The third-order valence-corrected chi connectivity index (χ3v) is 2.89. The Bertz CT molecular complexity index is 583. The van der Waals surface area contributed by atoms with Crippen LogP contribution in [0.25, 0.3) is 0 Å². The minimum absolute atomic E-state index is 0.436. The number of nitrogens with two attached hydrogens (primary N) is 1. The minimum atomic E-state index is -4.09. The first-order valence-electron chi connectivity index (χ1n) is 4.44. The third kappa shape index (κ3) is 10.0. The predicted molar refractivity (Wildman–Crippen MR) is 68.5 cm³/mol. The van der Waals surface area contributed by atoms with Gasteiger partial charge in [0.2, 0.25) is 0 Å². The van der Waals surface area contributed by atoms with Crippen molar-refractivity contribution in [2.24, 2.45) is 4.36 Å². The molecule has 0 amide bonds. The van der Waals surface area contributed by atoms with Crippen LogP contribution in [0.15, 0.2) is 28.6 Å². The summed E-state index contributed by atoms with van der Waals surface area (Å²) in [6.07, 6.45) is 0. The lowest BCUT2D eigenvalue weighted by atomic mass is 10.3. The van der Waals surface area contributed by atoms with Gasteiger partial charge in [0.15, 0.2) is 0 Å². The highest BCUT2D eigenvalue weighted by atomic mass is 35.5. The number of benzene rings is 1. The van der Waals surface area contributed by atoms with Gasteiger partial charge in [-0.25, -0.2) is 0 Å². The number of anilines is 1. The molecule has 0 aliphatic carbocycles. The van der Waals surface area contributed by atoms with E-state index in [0.29, 0.717) is 10.7 Å². The van der Waals surface area contributed by atoms with Crippen LogP contribution in [-0.4, -0.2) is 33.7 Å². The lowest BCUT2D eigenvalue weighted by molar-refractivity contribution is 0.483. The van der Waals surface area contributed by atoms with Gasteiger partial charge in [-0.05, 0) is 12.1 Å². The molecule has 3 N–H and O–H groups in total. The SMILES string of the molecule is Nc1ccccc1Cl.O=S(=O)=NCCS(=O)(=O)O. The molecule has 0 aromatic heterocycles. The van der Waals surface area contributed by atoms with E-state index in [9.17, 15) is 16.8 Å². The predicted octanol–water partition coefficient (Wildman–Crippen LogP) is 0.859. The lowest BCUT2D eigenvalue weighted by Gasteiger charge is -1.91. The average molecular weight is 315 g/mol. The maximum absolute atomic E-state index is 9.91. The average Bonchev–Trinajstić information content (AvgIpc) is 2.21. The monoisotopic (exact) mass is 314 g/mol. The molecule has 0 saturated heterocycles. The Morgan fingerprint density at radius 2 is 1.89 bits per heavy atom. The molecule has 0 bridgehead atoms. The number of halogens is 1. The van der Waals surface area contributed by atoms with E-state index in [-0.39, 0.29) is 0 Å². The van der Waals surface area contributed by atoms with Gasteiger partial charge in [-0.2, -0.15) is 21.2 Å². The molecule has 0 heterocycles. The van der Waals surface area contributed by atoms with Gasteiger partial charge < -0.3 is 5.73 Å². The molecule has 0 aliphatic heterocycles. The maximum Gasteiger partial charge on any atom is 0.311 e. The van der Waals surface area contributed by atoms with Gasteiger partial charge in [-0.15, -0.1) is 0 Å². The molecular weight excluding hydrogens is 304 g/mol. The molecule has 0 radical (unpaired) electrons. The van der Waals surface area contributed by atoms with Crippen molar-refractivity contribution < 1.29 is 21.4 Å². The van der Waals surface area contributed by atoms with Crippen LogP contribution < -0.4 is 5.73 Å². The van der Waals surface area contributed by atoms with Gasteiger partial charge in [0, 0.05) is 0 Å². The molecule has 1 aromatic carbocycles. The summed E-state index contributed by atoms with van der Waals surface area (Å²) in [6, 6.07) is 7.22. The Morgan fingerprint density at radius 3 is 2.22 bits per heavy atom. The van der Waals surface area contributed by atoms with Crippen molar-refractivity contribution in [2.75, 3.05) is 18.0 Å². The molecule has 10 heteroatoms. The summed E-state index contributed by atoms with van der Waals surface area (Å²) < 4.78 is 49.9. The second kappa shape index (κ2) is 8.03. The van der Waals surface area contributed by atoms with Crippen LogP contribution in [0.3, 0.4) is 0 Å². The zero-order chi connectivity index (χ0) is 14.2. The van der Waals surface area contributed by atoms with Crippen molar-refractivity contribution in [1.82, 2.24) is 0 Å². The smallest absolute Gasteiger partial charge is 0.311 e. The van der Waals surface area contributed by atoms with E-state index < -0.39 is 32.9 Å². The van der Waals surface area contributed by atoms with Gasteiger partial charge in [-0.1, -0.05) is 23.7 Å². The highest BCUT2D eigenvalue weighted by Crippen LogP contribution is 2.15. The molecule has 1 aromatic rings. The van der Waals surface area contributed by atoms with Gasteiger partial charge in [0.1, 0.15) is 0 Å². The summed E-state index contributed by atoms with van der Waals surface area (Å²) in [6.45, 7) is -0.436. The van der Waals surface area contributed by atoms with E-state index in [1.165, 1.54) is 0 Å². The molecule has 0 aliphatic rings. The van der Waals surface area contributed by atoms with Crippen molar-refractivity contribution in [3.63, 3.8) is 0 Å². The maximum atomic E-state index is 9.91.